The first-order valence-corrected chi connectivity index (χ1v) is 50.4. The quantitative estimate of drug-likeness (QED) is 0.00460. The molecule has 37 nitrogen and oxygen atoms in total. The summed E-state index contributed by atoms with van der Waals surface area (Å²) in [4.78, 5) is 48.3. The van der Waals surface area contributed by atoms with Gasteiger partial charge in [-0.05, 0) is 160 Å². The monoisotopic (exact) mass is 1970 g/mol. The number of nitrogens with zero attached hydrogens (tertiary/aromatic N) is 2. The molecule has 3 aliphatic rings. The van der Waals surface area contributed by atoms with Crippen molar-refractivity contribution < 1.29 is 161 Å². The molecule has 0 spiro atoms. The van der Waals surface area contributed by atoms with Crippen molar-refractivity contribution in [1.29, 1.82) is 0 Å². The SMILES string of the molecule is CCCOCC(COCCC)OCC(COC(COCCC)COCCC)Oc1ccc2c(c1)c(C(=O)Oc1c(C)cc(C(=O)NCCOCCOCCOCCOCCOCCNC(=O)CON=C3CC4C(CCC5(C)C(O)CCC45)c4ccc(O)cc43)cc1C)c1cc(OC(COC(COCCOC)COCCOC)COC(COCCOC)COCCOC)ccc1[n+]2CCCS(=O)(=O)O. The number of phenolic OH excluding ortho intramolecular Hbond substituents is 1. The molecule has 1 aromatic heterocycles. The van der Waals surface area contributed by atoms with E-state index in [1.54, 1.807) is 103 Å². The molecular formula is C100H157N4O33S+. The number of hydrogen-bond donors (Lipinski definition) is 5. The van der Waals surface area contributed by atoms with Gasteiger partial charge in [0.25, 0.3) is 21.9 Å². The van der Waals surface area contributed by atoms with Gasteiger partial charge in [-0.3, -0.25) is 14.1 Å². The summed E-state index contributed by atoms with van der Waals surface area (Å²) in [5.41, 5.74) is 4.72. The van der Waals surface area contributed by atoms with Crippen molar-refractivity contribution in [3.63, 3.8) is 0 Å². The summed E-state index contributed by atoms with van der Waals surface area (Å²) >= 11 is 0. The third kappa shape index (κ3) is 41.3. The molecule has 5 aromatic rings. The number of nitrogens with one attached hydrogen (secondary N) is 2. The van der Waals surface area contributed by atoms with E-state index in [1.807, 2.05) is 38.3 Å². The molecule has 0 radical (unpaired) electrons. The average molecular weight is 1980 g/mol. The number of aromatic hydroxyl groups is 1. The zero-order valence-corrected chi connectivity index (χ0v) is 84.0. The number of benzene rings is 4. The van der Waals surface area contributed by atoms with Crippen molar-refractivity contribution in [3.05, 3.63) is 100 Å². The Hall–Kier alpha value is -7.14. The van der Waals surface area contributed by atoms with Crippen LogP contribution in [-0.2, 0) is 126 Å². The zero-order valence-electron chi connectivity index (χ0n) is 83.2. The van der Waals surface area contributed by atoms with Crippen LogP contribution in [0.4, 0.5) is 0 Å². The van der Waals surface area contributed by atoms with Gasteiger partial charge in [0.1, 0.15) is 59.6 Å². The number of carbonyl (C=O) groups excluding carboxylic acids is 3. The first kappa shape index (κ1) is 116. The Morgan fingerprint density at radius 3 is 1.33 bits per heavy atom. The molecule has 5 N–H and O–H groups in total. The van der Waals surface area contributed by atoms with E-state index in [4.69, 9.17) is 119 Å². The van der Waals surface area contributed by atoms with Crippen LogP contribution < -0.4 is 29.4 Å². The van der Waals surface area contributed by atoms with Crippen molar-refractivity contribution >= 4 is 55.4 Å². The fraction of sp³-hybridized carbons (Fsp3) is 0.710. The second kappa shape index (κ2) is 66.7. The van der Waals surface area contributed by atoms with Crippen LogP contribution >= 0.6 is 0 Å². The molecule has 2 saturated carbocycles. The smallest absolute Gasteiger partial charge is 0.345 e. The number of phenols is 1. The van der Waals surface area contributed by atoms with Crippen molar-refractivity contribution in [2.24, 2.45) is 22.4 Å². The van der Waals surface area contributed by atoms with Crippen LogP contribution in [0.5, 0.6) is 23.0 Å². The molecule has 138 heavy (non-hydrogen) atoms. The third-order valence-corrected chi connectivity index (χ3v) is 24.5. The topological polar surface area (TPSA) is 417 Å². The van der Waals surface area contributed by atoms with E-state index in [0.29, 0.717) is 155 Å². The molecular weight excluding hydrogens is 1820 g/mol. The minimum atomic E-state index is -4.46. The molecule has 4 aromatic carbocycles. The molecule has 5 unspecified atom stereocenters. The van der Waals surface area contributed by atoms with Crippen LogP contribution in [0.1, 0.15) is 148 Å². The molecule has 38 heteroatoms. The summed E-state index contributed by atoms with van der Waals surface area (Å²) in [6, 6.07) is 19.1. The highest BCUT2D eigenvalue weighted by Gasteiger charge is 2.55. The number of carbonyl (C=O) groups is 3. The fourth-order valence-corrected chi connectivity index (χ4v) is 17.4. The summed E-state index contributed by atoms with van der Waals surface area (Å²) < 4.78 is 182. The Morgan fingerprint density at radius 2 is 0.906 bits per heavy atom. The van der Waals surface area contributed by atoms with Gasteiger partial charge in [-0.1, -0.05) is 45.8 Å². The summed E-state index contributed by atoms with van der Waals surface area (Å²) in [6.45, 7) is 22.9. The van der Waals surface area contributed by atoms with Gasteiger partial charge in [-0.2, -0.15) is 13.0 Å². The minimum Gasteiger partial charge on any atom is -0.508 e. The zero-order chi connectivity index (χ0) is 99.0. The summed E-state index contributed by atoms with van der Waals surface area (Å²) in [5.74, 6) is -0.338. The van der Waals surface area contributed by atoms with Gasteiger partial charge in [-0.15, -0.1) is 0 Å². The fourth-order valence-electron chi connectivity index (χ4n) is 16.9. The standard InChI is InChI=1S/C100H156N4O33S/c1-12-30-122-59-78(60-123-31-13-2)130-67-82(68-131-79(61-124-32-14-3)62-125-33-15-4)135-76-18-22-92-88(56-76)96(89-57-77(19-23-93(89)104(92)29-16-52-138(110,111)112)136-83(69-132-80(63-126-40-36-113-8)64-127-41-37-114-9)70-133-81(65-128-42-38-115-10)66-129-43-39-116-11)99(109)137-97-72(5)53-74(54-73(97)6)98(108)102-28-35-118-45-47-120-49-51-121-50-48-119-46-44-117-34-27-101-95(107)71-134-103-91-58-86-85(84-20-17-75(105)55-87(84)91)25-26-100(7)90(86)21-24-94(100)106/h17-20,22-23,53-57,78-83,85-86,90,94,106H,12-16,21,24-52,58-71H2,1-11H3,(H3-,101,102,105,107,108,110,111,112)/p+1. The molecule has 1 heterocycles. The first-order valence-electron chi connectivity index (χ1n) is 48.8. The van der Waals surface area contributed by atoms with E-state index in [0.717, 1.165) is 62.5 Å². The lowest BCUT2D eigenvalue weighted by atomic mass is 9.55. The summed E-state index contributed by atoms with van der Waals surface area (Å²) in [7, 11) is 1.86. The normalized spacial score (nSPS) is 16.9. The first-order chi connectivity index (χ1) is 67.1. The molecule has 0 saturated heterocycles. The number of rotatable bonds is 80. The van der Waals surface area contributed by atoms with E-state index in [-0.39, 0.29) is 216 Å². The molecule has 0 aliphatic heterocycles. The molecule has 2 amide bonds. The minimum absolute atomic E-state index is 0.00449. The number of aromatic nitrogens is 1. The number of fused-ring (bicyclic) bond motifs is 7. The number of aryl methyl sites for hydroxylation is 3. The lowest BCUT2D eigenvalue weighted by molar-refractivity contribution is -0.645. The largest absolute Gasteiger partial charge is 0.508 e. The molecule has 780 valence electrons. The van der Waals surface area contributed by atoms with E-state index < -0.39 is 64.4 Å². The summed E-state index contributed by atoms with van der Waals surface area (Å²) in [5, 5.41) is 32.1. The number of ether oxygens (including phenoxy) is 24. The molecule has 3 aliphatic carbocycles. The highest BCUT2D eigenvalue weighted by Crippen LogP contribution is 2.61. The van der Waals surface area contributed by atoms with E-state index >= 15 is 4.79 Å². The third-order valence-electron chi connectivity index (χ3n) is 23.7. The number of hydrogen-bond acceptors (Lipinski definition) is 33. The molecule has 8 rings (SSSR count). The van der Waals surface area contributed by atoms with Gasteiger partial charge >= 0.3 is 5.97 Å². The number of esters is 1. The van der Waals surface area contributed by atoms with Crippen LogP contribution in [0, 0.1) is 31.1 Å². The van der Waals surface area contributed by atoms with Gasteiger partial charge in [0, 0.05) is 97.6 Å². The number of pyridine rings is 1. The van der Waals surface area contributed by atoms with Crippen molar-refractivity contribution in [3.8, 4) is 23.0 Å². The van der Waals surface area contributed by atoms with Crippen LogP contribution in [-0.4, -0.2) is 368 Å². The van der Waals surface area contributed by atoms with E-state index in [2.05, 4.69) is 22.7 Å². The number of methoxy groups -OCH3 is 4. The Balaban J connectivity index is 0.939. The Bertz CT molecular complexity index is 4300. The maximum absolute atomic E-state index is 16.1. The maximum atomic E-state index is 16.1. The Kier molecular flexibility index (Phi) is 56.1. The van der Waals surface area contributed by atoms with Crippen molar-refractivity contribution in [2.75, 3.05) is 279 Å². The average Bonchev–Trinajstić information content (AvgIpc) is 1.36. The number of aliphatic hydroxyl groups is 1. The summed E-state index contributed by atoms with van der Waals surface area (Å²) in [6.07, 6.45) is 3.27. The van der Waals surface area contributed by atoms with Gasteiger partial charge in [0.2, 0.25) is 11.0 Å². The van der Waals surface area contributed by atoms with Gasteiger partial charge < -0.3 is 139 Å². The highest BCUT2D eigenvalue weighted by atomic mass is 32.2. The van der Waals surface area contributed by atoms with Crippen LogP contribution in [0.15, 0.2) is 71.9 Å². The lowest BCUT2D eigenvalue weighted by Gasteiger charge is -2.50. The van der Waals surface area contributed by atoms with Gasteiger partial charge in [0.05, 0.1) is 232 Å². The predicted molar refractivity (Wildman–Crippen MR) is 514 cm³/mol. The van der Waals surface area contributed by atoms with Gasteiger partial charge in [-0.25, -0.2) is 4.79 Å². The van der Waals surface area contributed by atoms with E-state index in [9.17, 15) is 32.8 Å². The highest BCUT2D eigenvalue weighted by molar-refractivity contribution is 7.85. The molecule has 0 bridgehead atoms. The van der Waals surface area contributed by atoms with Crippen LogP contribution in [0.25, 0.3) is 21.8 Å². The van der Waals surface area contributed by atoms with Crippen molar-refractivity contribution in [1.82, 2.24) is 10.6 Å². The number of oxime groups is 1. The second-order valence-corrected chi connectivity index (χ2v) is 36.3. The number of amides is 2. The Morgan fingerprint density at radius 1 is 0.493 bits per heavy atom. The molecule has 2 fully saturated rings. The predicted octanol–water partition coefficient (Wildman–Crippen LogP) is 9.52. The maximum Gasteiger partial charge on any atom is 0.345 e. The van der Waals surface area contributed by atoms with Crippen LogP contribution in [0.2, 0.25) is 0 Å². The van der Waals surface area contributed by atoms with Crippen molar-refractivity contribution in [2.45, 2.75) is 168 Å². The van der Waals surface area contributed by atoms with Gasteiger partial charge in [0.15, 0.2) is 13.2 Å². The second-order valence-electron chi connectivity index (χ2n) is 34.7. The Labute approximate surface area is 814 Å². The van der Waals surface area contributed by atoms with Crippen LogP contribution in [0.3, 0.4) is 0 Å². The van der Waals surface area contributed by atoms with E-state index in [1.165, 1.54) is 0 Å². The number of aliphatic hydroxyl groups excluding tert-OH is 1. The lowest BCUT2D eigenvalue weighted by Crippen LogP contribution is -2.45. The molecule has 5 atom stereocenters.